The molecule has 0 fully saturated rings. The van der Waals surface area contributed by atoms with Gasteiger partial charge in [0.15, 0.2) is 5.92 Å². The monoisotopic (exact) mass is 449 g/mol. The van der Waals surface area contributed by atoms with Crippen molar-refractivity contribution in [3.63, 3.8) is 0 Å². The van der Waals surface area contributed by atoms with Gasteiger partial charge in [-0.1, -0.05) is 45.9 Å². The number of benzene rings is 1. The zero-order valence-corrected chi connectivity index (χ0v) is 21.0. The summed E-state index contributed by atoms with van der Waals surface area (Å²) in [6.07, 6.45) is 5.94. The number of esters is 2. The molecule has 0 unspecified atom stereocenters. The first-order valence-corrected chi connectivity index (χ1v) is 11.4. The SMILES string of the molecule is C/C=C(\c1ccc(C(C(=O)OC)C(=O)OC)cn1)c1cc2c(cc1C)C(C)(C)CCC2(C)C. The zero-order chi connectivity index (χ0) is 24.6. The Bertz CT molecular complexity index is 1080. The molecule has 0 aliphatic heterocycles. The molecule has 176 valence electrons. The molecule has 1 heterocycles. The first-order valence-electron chi connectivity index (χ1n) is 11.4. The molecule has 3 rings (SSSR count). The summed E-state index contributed by atoms with van der Waals surface area (Å²) in [5, 5.41) is 0. The Morgan fingerprint density at radius 3 is 1.97 bits per heavy atom. The fourth-order valence-corrected chi connectivity index (χ4v) is 4.79. The number of hydrogen-bond donors (Lipinski definition) is 0. The molecule has 1 aromatic carbocycles. The summed E-state index contributed by atoms with van der Waals surface area (Å²) in [4.78, 5) is 28.9. The zero-order valence-electron chi connectivity index (χ0n) is 21.0. The lowest BCUT2D eigenvalue weighted by Gasteiger charge is -2.42. The Morgan fingerprint density at radius 1 is 0.970 bits per heavy atom. The second-order valence-electron chi connectivity index (χ2n) is 10.1. The van der Waals surface area contributed by atoms with E-state index >= 15 is 0 Å². The number of pyridine rings is 1. The minimum Gasteiger partial charge on any atom is -0.468 e. The summed E-state index contributed by atoms with van der Waals surface area (Å²) >= 11 is 0. The molecule has 0 bridgehead atoms. The molecule has 5 nitrogen and oxygen atoms in total. The highest BCUT2D eigenvalue weighted by Gasteiger charge is 2.37. The van der Waals surface area contributed by atoms with Crippen molar-refractivity contribution in [3.05, 3.63) is 70.0 Å². The molecular weight excluding hydrogens is 414 g/mol. The third-order valence-corrected chi connectivity index (χ3v) is 7.05. The van der Waals surface area contributed by atoms with Crippen molar-refractivity contribution in [3.8, 4) is 0 Å². The molecule has 1 aromatic heterocycles. The quantitative estimate of drug-likeness (QED) is 0.438. The lowest BCUT2D eigenvalue weighted by molar-refractivity contribution is -0.154. The lowest BCUT2D eigenvalue weighted by atomic mass is 9.62. The van der Waals surface area contributed by atoms with Gasteiger partial charge in [0.05, 0.1) is 19.9 Å². The van der Waals surface area contributed by atoms with Crippen LogP contribution in [0.5, 0.6) is 0 Å². The van der Waals surface area contributed by atoms with Crippen LogP contribution in [0.25, 0.3) is 5.57 Å². The molecule has 0 saturated heterocycles. The normalized spacial score (nSPS) is 16.8. The molecule has 0 N–H and O–H groups in total. The molecular formula is C28H35NO4. The van der Waals surface area contributed by atoms with Crippen LogP contribution in [-0.2, 0) is 29.9 Å². The highest BCUT2D eigenvalue weighted by molar-refractivity contribution is 6.00. The maximum absolute atomic E-state index is 12.1. The van der Waals surface area contributed by atoms with E-state index in [9.17, 15) is 9.59 Å². The average Bonchev–Trinajstić information content (AvgIpc) is 2.79. The van der Waals surface area contributed by atoms with Crippen LogP contribution in [-0.4, -0.2) is 31.1 Å². The van der Waals surface area contributed by atoms with Crippen LogP contribution in [0, 0.1) is 6.92 Å². The van der Waals surface area contributed by atoms with E-state index in [-0.39, 0.29) is 10.8 Å². The van der Waals surface area contributed by atoms with Crippen LogP contribution in [0.15, 0.2) is 36.5 Å². The summed E-state index contributed by atoms with van der Waals surface area (Å²) in [6.45, 7) is 13.5. The predicted octanol–water partition coefficient (Wildman–Crippen LogP) is 5.62. The molecule has 1 aliphatic carbocycles. The van der Waals surface area contributed by atoms with Crippen LogP contribution in [0.1, 0.15) is 86.9 Å². The van der Waals surface area contributed by atoms with Gasteiger partial charge in [0.2, 0.25) is 0 Å². The lowest BCUT2D eigenvalue weighted by Crippen LogP contribution is -2.34. The Kier molecular flexibility index (Phi) is 6.83. The van der Waals surface area contributed by atoms with E-state index in [1.165, 1.54) is 37.3 Å². The van der Waals surface area contributed by atoms with Crippen molar-refractivity contribution in [1.29, 1.82) is 0 Å². The van der Waals surface area contributed by atoms with Crippen molar-refractivity contribution < 1.29 is 19.1 Å². The van der Waals surface area contributed by atoms with Crippen molar-refractivity contribution >= 4 is 17.5 Å². The van der Waals surface area contributed by atoms with E-state index in [4.69, 9.17) is 9.47 Å². The summed E-state index contributed by atoms with van der Waals surface area (Å²) in [5.74, 6) is -2.49. The van der Waals surface area contributed by atoms with E-state index < -0.39 is 17.9 Å². The molecule has 0 spiro atoms. The van der Waals surface area contributed by atoms with E-state index in [1.807, 2.05) is 13.0 Å². The standard InChI is InChI=1S/C28H35NO4/c1-9-19(23-11-10-18(16-29-23)24(25(30)32-7)26(31)33-8)20-15-22-21(14-17(20)2)27(3,4)12-13-28(22,5)6/h9-11,14-16,24H,12-13H2,1-8H3/b19-9-. The Balaban J connectivity index is 2.06. The minimum atomic E-state index is -1.15. The highest BCUT2D eigenvalue weighted by atomic mass is 16.5. The van der Waals surface area contributed by atoms with Gasteiger partial charge in [0.25, 0.3) is 0 Å². The highest BCUT2D eigenvalue weighted by Crippen LogP contribution is 2.47. The number of fused-ring (bicyclic) bond motifs is 1. The Labute approximate surface area is 197 Å². The first-order chi connectivity index (χ1) is 15.5. The number of hydrogen-bond acceptors (Lipinski definition) is 5. The molecule has 5 heteroatoms. The maximum Gasteiger partial charge on any atom is 0.324 e. The molecule has 2 aromatic rings. The van der Waals surface area contributed by atoms with Crippen molar-refractivity contribution in [2.24, 2.45) is 0 Å². The molecule has 33 heavy (non-hydrogen) atoms. The molecule has 1 aliphatic rings. The van der Waals surface area contributed by atoms with Crippen LogP contribution < -0.4 is 0 Å². The van der Waals surface area contributed by atoms with Crippen LogP contribution in [0.4, 0.5) is 0 Å². The largest absolute Gasteiger partial charge is 0.468 e. The van der Waals surface area contributed by atoms with Gasteiger partial charge < -0.3 is 9.47 Å². The van der Waals surface area contributed by atoms with Crippen molar-refractivity contribution in [2.75, 3.05) is 14.2 Å². The van der Waals surface area contributed by atoms with E-state index in [0.29, 0.717) is 5.56 Å². The van der Waals surface area contributed by atoms with Gasteiger partial charge in [0.1, 0.15) is 0 Å². The van der Waals surface area contributed by atoms with Crippen LogP contribution in [0.2, 0.25) is 0 Å². The number of carbonyl (C=O) groups excluding carboxylic acids is 2. The van der Waals surface area contributed by atoms with Gasteiger partial charge in [0, 0.05) is 11.8 Å². The van der Waals surface area contributed by atoms with E-state index in [2.05, 4.69) is 57.8 Å². The van der Waals surface area contributed by atoms with Gasteiger partial charge in [-0.2, -0.15) is 0 Å². The fraction of sp³-hybridized carbons (Fsp3) is 0.464. The summed E-state index contributed by atoms with van der Waals surface area (Å²) in [6, 6.07) is 8.26. The topological polar surface area (TPSA) is 65.5 Å². The molecule has 0 saturated carbocycles. The summed E-state index contributed by atoms with van der Waals surface area (Å²) in [7, 11) is 2.50. The van der Waals surface area contributed by atoms with Gasteiger partial charge in [-0.15, -0.1) is 0 Å². The fourth-order valence-electron chi connectivity index (χ4n) is 4.79. The van der Waals surface area contributed by atoms with Gasteiger partial charge in [-0.25, -0.2) is 0 Å². The second-order valence-corrected chi connectivity index (χ2v) is 10.1. The maximum atomic E-state index is 12.1. The van der Waals surface area contributed by atoms with E-state index in [0.717, 1.165) is 23.3 Å². The van der Waals surface area contributed by atoms with Gasteiger partial charge in [-0.05, 0) is 77.5 Å². The Morgan fingerprint density at radius 2 is 1.52 bits per heavy atom. The first kappa shape index (κ1) is 24.7. The second kappa shape index (κ2) is 9.12. The number of aryl methyl sites for hydroxylation is 1. The summed E-state index contributed by atoms with van der Waals surface area (Å²) < 4.78 is 9.57. The van der Waals surface area contributed by atoms with Gasteiger partial charge in [-0.3, -0.25) is 14.6 Å². The third kappa shape index (κ3) is 4.59. The van der Waals surface area contributed by atoms with Gasteiger partial charge >= 0.3 is 11.9 Å². The number of methoxy groups -OCH3 is 2. The van der Waals surface area contributed by atoms with E-state index in [1.54, 1.807) is 12.3 Å². The number of ether oxygens (including phenoxy) is 2. The Hall–Kier alpha value is -2.95. The molecule has 0 amide bonds. The number of carbonyl (C=O) groups is 2. The van der Waals surface area contributed by atoms with Crippen LogP contribution >= 0.6 is 0 Å². The number of rotatable bonds is 5. The number of allylic oxidation sites excluding steroid dienone is 1. The number of aromatic nitrogens is 1. The smallest absolute Gasteiger partial charge is 0.324 e. The average molecular weight is 450 g/mol. The van der Waals surface area contributed by atoms with Crippen molar-refractivity contribution in [1.82, 2.24) is 4.98 Å². The molecule has 0 atom stereocenters. The van der Waals surface area contributed by atoms with Crippen LogP contribution in [0.3, 0.4) is 0 Å². The minimum absolute atomic E-state index is 0.109. The third-order valence-electron chi connectivity index (χ3n) is 7.05. The van der Waals surface area contributed by atoms with Crippen molar-refractivity contribution in [2.45, 2.75) is 71.1 Å². The predicted molar refractivity (Wildman–Crippen MR) is 130 cm³/mol. The summed E-state index contributed by atoms with van der Waals surface area (Å²) in [5.41, 5.74) is 7.70. The molecule has 0 radical (unpaired) electrons. The number of nitrogens with zero attached hydrogens (tertiary/aromatic N) is 1.